The predicted molar refractivity (Wildman–Crippen MR) is 99.7 cm³/mol. The third-order valence-electron chi connectivity index (χ3n) is 5.13. The molecule has 0 aliphatic heterocycles. The molecule has 6 heteroatoms. The van der Waals surface area contributed by atoms with Crippen LogP contribution >= 0.6 is 31.9 Å². The zero-order valence-corrected chi connectivity index (χ0v) is 16.8. The SMILES string of the molecule is Cc1cc(Br)c(NC(=O)COC(=O)C[C@H]2C[C@H]3CC[C@H]2C3)c(Br)c1. The second-order valence-corrected chi connectivity index (χ2v) is 8.66. The van der Waals surface area contributed by atoms with Gasteiger partial charge in [-0.1, -0.05) is 6.42 Å². The third-order valence-corrected chi connectivity index (χ3v) is 6.38. The van der Waals surface area contributed by atoms with E-state index < -0.39 is 0 Å². The molecule has 2 aliphatic carbocycles. The minimum atomic E-state index is -0.332. The lowest BCUT2D eigenvalue weighted by atomic mass is 9.86. The molecule has 0 spiro atoms. The molecule has 0 saturated heterocycles. The van der Waals surface area contributed by atoms with Gasteiger partial charge in [0.1, 0.15) is 0 Å². The molecule has 2 fully saturated rings. The molecular formula is C18H21Br2NO3. The number of esters is 1. The standard InChI is InChI=1S/C18H21Br2NO3/c1-10-4-14(19)18(15(20)5-10)21-16(22)9-24-17(23)8-13-7-11-2-3-12(13)6-11/h4-5,11-13H,2-3,6-9H2,1H3,(H,21,22)/t11-,12-,13+/m0/s1. The molecule has 1 N–H and O–H groups in total. The Labute approximate surface area is 159 Å². The van der Waals surface area contributed by atoms with E-state index in [1.54, 1.807) is 0 Å². The Morgan fingerprint density at radius 3 is 2.50 bits per heavy atom. The number of amides is 1. The minimum Gasteiger partial charge on any atom is -0.456 e. The van der Waals surface area contributed by atoms with Crippen LogP contribution in [0.5, 0.6) is 0 Å². The first-order valence-electron chi connectivity index (χ1n) is 8.33. The molecule has 130 valence electrons. The van der Waals surface area contributed by atoms with Crippen molar-refractivity contribution in [2.24, 2.45) is 17.8 Å². The van der Waals surface area contributed by atoms with Gasteiger partial charge in [0, 0.05) is 15.4 Å². The van der Waals surface area contributed by atoms with Crippen molar-refractivity contribution in [3.8, 4) is 0 Å². The van der Waals surface area contributed by atoms with Crippen LogP contribution in [0.25, 0.3) is 0 Å². The molecule has 3 rings (SSSR count). The van der Waals surface area contributed by atoms with E-state index in [4.69, 9.17) is 4.74 Å². The van der Waals surface area contributed by atoms with Gasteiger partial charge < -0.3 is 10.1 Å². The summed E-state index contributed by atoms with van der Waals surface area (Å²) in [5.41, 5.74) is 1.72. The zero-order chi connectivity index (χ0) is 17.3. The number of hydrogen-bond donors (Lipinski definition) is 1. The first-order valence-corrected chi connectivity index (χ1v) is 9.92. The van der Waals surface area contributed by atoms with E-state index in [-0.39, 0.29) is 18.5 Å². The highest BCUT2D eigenvalue weighted by Crippen LogP contribution is 2.49. The molecule has 0 unspecified atom stereocenters. The first kappa shape index (κ1) is 17.9. The molecule has 3 atom stereocenters. The van der Waals surface area contributed by atoms with E-state index in [1.807, 2.05) is 19.1 Å². The van der Waals surface area contributed by atoms with Crippen molar-refractivity contribution in [3.05, 3.63) is 26.6 Å². The molecule has 2 saturated carbocycles. The predicted octanol–water partition coefficient (Wildman–Crippen LogP) is 4.83. The quantitative estimate of drug-likeness (QED) is 0.643. The van der Waals surface area contributed by atoms with Crippen molar-refractivity contribution >= 4 is 49.4 Å². The number of carbonyl (C=O) groups excluding carboxylic acids is 2. The molecular weight excluding hydrogens is 438 g/mol. The van der Waals surface area contributed by atoms with Crippen molar-refractivity contribution in [2.45, 2.75) is 39.0 Å². The Balaban J connectivity index is 1.46. The second-order valence-electron chi connectivity index (χ2n) is 6.95. The number of carbonyl (C=O) groups is 2. The van der Waals surface area contributed by atoms with E-state index in [1.165, 1.54) is 19.3 Å². The molecule has 2 aliphatic rings. The van der Waals surface area contributed by atoms with Crippen molar-refractivity contribution in [3.63, 3.8) is 0 Å². The van der Waals surface area contributed by atoms with Gasteiger partial charge in [-0.25, -0.2) is 0 Å². The largest absolute Gasteiger partial charge is 0.456 e. The van der Waals surface area contributed by atoms with Crippen molar-refractivity contribution in [1.82, 2.24) is 0 Å². The van der Waals surface area contributed by atoms with Gasteiger partial charge in [0.2, 0.25) is 0 Å². The van der Waals surface area contributed by atoms with Crippen LogP contribution in [-0.2, 0) is 14.3 Å². The maximum Gasteiger partial charge on any atom is 0.306 e. The van der Waals surface area contributed by atoms with Crippen LogP contribution < -0.4 is 5.32 Å². The number of benzene rings is 1. The van der Waals surface area contributed by atoms with E-state index in [0.29, 0.717) is 23.9 Å². The van der Waals surface area contributed by atoms with Gasteiger partial charge in [0.25, 0.3) is 5.91 Å². The van der Waals surface area contributed by atoms with Crippen LogP contribution in [0, 0.1) is 24.7 Å². The minimum absolute atomic E-state index is 0.244. The van der Waals surface area contributed by atoms with Crippen LogP contribution in [-0.4, -0.2) is 18.5 Å². The van der Waals surface area contributed by atoms with E-state index in [9.17, 15) is 9.59 Å². The highest BCUT2D eigenvalue weighted by Gasteiger charge is 2.40. The normalized spacial score (nSPS) is 24.9. The smallest absolute Gasteiger partial charge is 0.306 e. The maximum absolute atomic E-state index is 12.0. The number of ether oxygens (including phenoxy) is 1. The topological polar surface area (TPSA) is 55.4 Å². The highest BCUT2D eigenvalue weighted by atomic mass is 79.9. The number of anilines is 1. The van der Waals surface area contributed by atoms with Gasteiger partial charge in [0.05, 0.1) is 5.69 Å². The lowest BCUT2D eigenvalue weighted by Gasteiger charge is -2.20. The fraction of sp³-hybridized carbons (Fsp3) is 0.556. The molecule has 1 amide bonds. The molecule has 4 nitrogen and oxygen atoms in total. The van der Waals surface area contributed by atoms with Gasteiger partial charge in [-0.05, 0) is 93.5 Å². The summed E-state index contributed by atoms with van der Waals surface area (Å²) in [7, 11) is 0. The molecule has 0 radical (unpaired) electrons. The van der Waals surface area contributed by atoms with Crippen LogP contribution in [0.15, 0.2) is 21.1 Å². The Morgan fingerprint density at radius 2 is 1.92 bits per heavy atom. The Bertz CT molecular complexity index is 639. The molecule has 0 aromatic heterocycles. The van der Waals surface area contributed by atoms with E-state index >= 15 is 0 Å². The molecule has 1 aromatic carbocycles. The molecule has 24 heavy (non-hydrogen) atoms. The first-order chi connectivity index (χ1) is 11.4. The van der Waals surface area contributed by atoms with Crippen LogP contribution in [0.1, 0.15) is 37.7 Å². The average molecular weight is 459 g/mol. The summed E-state index contributed by atoms with van der Waals surface area (Å²) < 4.78 is 6.74. The Hall–Kier alpha value is -0.880. The summed E-state index contributed by atoms with van der Waals surface area (Å²) >= 11 is 6.86. The fourth-order valence-electron chi connectivity index (χ4n) is 4.04. The average Bonchev–Trinajstić information content (AvgIpc) is 3.11. The zero-order valence-electron chi connectivity index (χ0n) is 13.6. The van der Waals surface area contributed by atoms with Crippen molar-refractivity contribution in [2.75, 3.05) is 11.9 Å². The summed E-state index contributed by atoms with van der Waals surface area (Å²) in [6, 6.07) is 3.84. The van der Waals surface area contributed by atoms with Crippen molar-refractivity contribution < 1.29 is 14.3 Å². The maximum atomic E-state index is 12.0. The van der Waals surface area contributed by atoms with Crippen LogP contribution in [0.3, 0.4) is 0 Å². The number of hydrogen-bond acceptors (Lipinski definition) is 3. The summed E-state index contributed by atoms with van der Waals surface area (Å²) in [5.74, 6) is 1.37. The summed E-state index contributed by atoms with van der Waals surface area (Å²) in [6.45, 7) is 1.73. The molecule has 2 bridgehead atoms. The van der Waals surface area contributed by atoms with E-state index in [2.05, 4.69) is 37.2 Å². The van der Waals surface area contributed by atoms with E-state index in [0.717, 1.165) is 26.8 Å². The van der Waals surface area contributed by atoms with Gasteiger partial charge in [0.15, 0.2) is 6.61 Å². The number of fused-ring (bicyclic) bond motifs is 2. The molecule has 1 aromatic rings. The Kier molecular flexibility index (Phi) is 5.65. The number of aryl methyl sites for hydroxylation is 1. The number of nitrogens with one attached hydrogen (secondary N) is 1. The number of rotatable bonds is 5. The molecule has 0 heterocycles. The number of halogens is 2. The van der Waals surface area contributed by atoms with Crippen LogP contribution in [0.4, 0.5) is 5.69 Å². The highest BCUT2D eigenvalue weighted by molar-refractivity contribution is 9.11. The van der Waals surface area contributed by atoms with Crippen LogP contribution in [0.2, 0.25) is 0 Å². The van der Waals surface area contributed by atoms with Gasteiger partial charge in [-0.15, -0.1) is 0 Å². The second kappa shape index (κ2) is 7.56. The third kappa shape index (κ3) is 4.20. The summed E-state index contributed by atoms with van der Waals surface area (Å²) in [5, 5.41) is 2.77. The van der Waals surface area contributed by atoms with Crippen molar-refractivity contribution in [1.29, 1.82) is 0 Å². The summed E-state index contributed by atoms with van der Waals surface area (Å²) in [6.07, 6.45) is 5.44. The van der Waals surface area contributed by atoms with Gasteiger partial charge in [-0.3, -0.25) is 9.59 Å². The summed E-state index contributed by atoms with van der Waals surface area (Å²) in [4.78, 5) is 24.0. The lowest BCUT2D eigenvalue weighted by Crippen LogP contribution is -2.23. The monoisotopic (exact) mass is 457 g/mol. The van der Waals surface area contributed by atoms with Gasteiger partial charge in [-0.2, -0.15) is 0 Å². The fourth-order valence-corrected chi connectivity index (χ4v) is 5.65. The lowest BCUT2D eigenvalue weighted by molar-refractivity contribution is -0.148. The Morgan fingerprint density at radius 1 is 1.21 bits per heavy atom. The van der Waals surface area contributed by atoms with Gasteiger partial charge >= 0.3 is 5.97 Å².